The molecule has 1 fully saturated rings. The Balaban J connectivity index is 1.85. The van der Waals surface area contributed by atoms with Crippen molar-refractivity contribution in [1.82, 2.24) is 4.90 Å². The van der Waals surface area contributed by atoms with Crippen LogP contribution in [-0.4, -0.2) is 18.0 Å². The highest BCUT2D eigenvalue weighted by Gasteiger charge is 2.18. The average Bonchev–Trinajstić information content (AvgIpc) is 2.65. The van der Waals surface area contributed by atoms with Crippen molar-refractivity contribution < 1.29 is 0 Å². The van der Waals surface area contributed by atoms with Crippen molar-refractivity contribution in [3.8, 4) is 6.07 Å². The molecule has 0 N–H and O–H groups in total. The van der Waals surface area contributed by atoms with E-state index in [9.17, 15) is 0 Å². The zero-order chi connectivity index (χ0) is 10.7. The third-order valence-corrected chi connectivity index (χ3v) is 3.99. The van der Waals surface area contributed by atoms with Gasteiger partial charge in [0.25, 0.3) is 0 Å². The van der Waals surface area contributed by atoms with Gasteiger partial charge in [-0.15, -0.1) is 11.3 Å². The van der Waals surface area contributed by atoms with E-state index in [2.05, 4.69) is 17.0 Å². The molecule has 2 nitrogen and oxygen atoms in total. The molecule has 0 bridgehead atoms. The van der Waals surface area contributed by atoms with Crippen LogP contribution in [-0.2, 0) is 6.54 Å². The van der Waals surface area contributed by atoms with Gasteiger partial charge in [-0.1, -0.05) is 11.6 Å². The van der Waals surface area contributed by atoms with E-state index in [0.29, 0.717) is 0 Å². The topological polar surface area (TPSA) is 27.0 Å². The normalized spacial score (nSPS) is 18.9. The zero-order valence-corrected chi connectivity index (χ0v) is 10.0. The number of halogens is 1. The molecule has 0 saturated carbocycles. The average molecular weight is 241 g/mol. The number of rotatable bonds is 2. The largest absolute Gasteiger partial charge is 0.298 e. The first-order chi connectivity index (χ1) is 7.28. The highest BCUT2D eigenvalue weighted by atomic mass is 35.5. The molecular formula is C11H13ClN2S. The van der Waals surface area contributed by atoms with Crippen molar-refractivity contribution in [3.05, 3.63) is 21.3 Å². The van der Waals surface area contributed by atoms with Crippen molar-refractivity contribution in [2.75, 3.05) is 13.1 Å². The Labute approximate surface area is 99.1 Å². The molecule has 0 spiro atoms. The Hall–Kier alpha value is -0.560. The van der Waals surface area contributed by atoms with Crippen LogP contribution in [0.1, 0.15) is 17.7 Å². The number of piperidine rings is 1. The lowest BCUT2D eigenvalue weighted by atomic mass is 9.99. The first kappa shape index (κ1) is 10.9. The maximum atomic E-state index is 8.79. The molecule has 1 saturated heterocycles. The van der Waals surface area contributed by atoms with Gasteiger partial charge in [-0.3, -0.25) is 4.90 Å². The van der Waals surface area contributed by atoms with Crippen LogP contribution in [0.4, 0.5) is 0 Å². The Morgan fingerprint density at radius 2 is 2.20 bits per heavy atom. The maximum Gasteiger partial charge on any atom is 0.0931 e. The summed E-state index contributed by atoms with van der Waals surface area (Å²) in [4.78, 5) is 3.71. The molecule has 0 radical (unpaired) electrons. The van der Waals surface area contributed by atoms with Crippen LogP contribution in [0.5, 0.6) is 0 Å². The fourth-order valence-corrected chi connectivity index (χ4v) is 3.01. The SMILES string of the molecule is N#CC1CCN(Cc2ccc(Cl)s2)CC1. The summed E-state index contributed by atoms with van der Waals surface area (Å²) in [7, 11) is 0. The Bertz CT molecular complexity index is 361. The van der Waals surface area contributed by atoms with E-state index in [-0.39, 0.29) is 5.92 Å². The lowest BCUT2D eigenvalue weighted by molar-refractivity contribution is 0.199. The summed E-state index contributed by atoms with van der Waals surface area (Å²) in [5, 5.41) is 8.79. The minimum Gasteiger partial charge on any atom is -0.298 e. The molecular weight excluding hydrogens is 228 g/mol. The lowest BCUT2D eigenvalue weighted by Crippen LogP contribution is -2.32. The van der Waals surface area contributed by atoms with Crippen molar-refractivity contribution in [3.63, 3.8) is 0 Å². The highest BCUT2D eigenvalue weighted by molar-refractivity contribution is 7.16. The van der Waals surface area contributed by atoms with Gasteiger partial charge in [0.1, 0.15) is 0 Å². The summed E-state index contributed by atoms with van der Waals surface area (Å²) >= 11 is 7.53. The van der Waals surface area contributed by atoms with Crippen LogP contribution in [0.3, 0.4) is 0 Å². The summed E-state index contributed by atoms with van der Waals surface area (Å²) in [6.45, 7) is 3.05. The van der Waals surface area contributed by atoms with E-state index >= 15 is 0 Å². The number of hydrogen-bond acceptors (Lipinski definition) is 3. The second-order valence-corrected chi connectivity index (χ2v) is 5.68. The molecule has 4 heteroatoms. The van der Waals surface area contributed by atoms with Gasteiger partial charge >= 0.3 is 0 Å². The van der Waals surface area contributed by atoms with Gasteiger partial charge in [0.05, 0.1) is 10.4 Å². The molecule has 2 heterocycles. The predicted molar refractivity (Wildman–Crippen MR) is 62.9 cm³/mol. The fourth-order valence-electron chi connectivity index (χ4n) is 1.88. The van der Waals surface area contributed by atoms with Crippen LogP contribution in [0.25, 0.3) is 0 Å². The molecule has 0 atom stereocenters. The van der Waals surface area contributed by atoms with E-state index in [1.807, 2.05) is 6.07 Å². The third-order valence-electron chi connectivity index (χ3n) is 2.78. The second-order valence-electron chi connectivity index (χ2n) is 3.89. The van der Waals surface area contributed by atoms with Crippen molar-refractivity contribution in [2.45, 2.75) is 19.4 Å². The summed E-state index contributed by atoms with van der Waals surface area (Å²) in [6.07, 6.45) is 2.02. The molecule has 0 aliphatic carbocycles. The molecule has 15 heavy (non-hydrogen) atoms. The summed E-state index contributed by atoms with van der Waals surface area (Å²) in [5.74, 6) is 0.271. The Morgan fingerprint density at radius 1 is 1.47 bits per heavy atom. The van der Waals surface area contributed by atoms with E-state index in [1.54, 1.807) is 11.3 Å². The van der Waals surface area contributed by atoms with Gasteiger partial charge in [0.15, 0.2) is 0 Å². The molecule has 2 rings (SSSR count). The van der Waals surface area contributed by atoms with Gasteiger partial charge in [0, 0.05) is 17.3 Å². The van der Waals surface area contributed by atoms with E-state index in [4.69, 9.17) is 16.9 Å². The number of hydrogen-bond donors (Lipinski definition) is 0. The van der Waals surface area contributed by atoms with E-state index in [0.717, 1.165) is 36.8 Å². The molecule has 0 amide bonds. The van der Waals surface area contributed by atoms with Gasteiger partial charge < -0.3 is 0 Å². The van der Waals surface area contributed by atoms with Crippen LogP contribution < -0.4 is 0 Å². The van der Waals surface area contributed by atoms with Gasteiger partial charge in [0.2, 0.25) is 0 Å². The maximum absolute atomic E-state index is 8.79. The molecule has 1 aromatic heterocycles. The van der Waals surface area contributed by atoms with Gasteiger partial charge in [-0.2, -0.15) is 5.26 Å². The Kier molecular flexibility index (Phi) is 3.63. The predicted octanol–water partition coefficient (Wildman–Crippen LogP) is 3.14. The molecule has 1 aromatic rings. The van der Waals surface area contributed by atoms with Crippen molar-refractivity contribution in [1.29, 1.82) is 5.26 Å². The number of thiophene rings is 1. The minimum absolute atomic E-state index is 0.271. The lowest BCUT2D eigenvalue weighted by Gasteiger charge is -2.28. The molecule has 80 valence electrons. The van der Waals surface area contributed by atoms with Gasteiger partial charge in [-0.05, 0) is 38.1 Å². The Morgan fingerprint density at radius 3 is 2.73 bits per heavy atom. The van der Waals surface area contributed by atoms with Gasteiger partial charge in [-0.25, -0.2) is 0 Å². The van der Waals surface area contributed by atoms with E-state index < -0.39 is 0 Å². The monoisotopic (exact) mass is 240 g/mol. The minimum atomic E-state index is 0.271. The molecule has 1 aliphatic rings. The van der Waals surface area contributed by atoms with Crippen LogP contribution in [0.15, 0.2) is 12.1 Å². The first-order valence-corrected chi connectivity index (χ1v) is 6.33. The number of nitrogens with zero attached hydrogens (tertiary/aromatic N) is 2. The zero-order valence-electron chi connectivity index (χ0n) is 8.45. The molecule has 1 aliphatic heterocycles. The smallest absolute Gasteiger partial charge is 0.0931 e. The summed E-state index contributed by atoms with van der Waals surface area (Å²) < 4.78 is 0.858. The van der Waals surface area contributed by atoms with Crippen LogP contribution >= 0.6 is 22.9 Å². The fraction of sp³-hybridized carbons (Fsp3) is 0.545. The number of likely N-dealkylation sites (tertiary alicyclic amines) is 1. The van der Waals surface area contributed by atoms with Crippen molar-refractivity contribution in [2.24, 2.45) is 5.92 Å². The summed E-state index contributed by atoms with van der Waals surface area (Å²) in [5.41, 5.74) is 0. The third kappa shape index (κ3) is 2.94. The molecule has 0 aromatic carbocycles. The highest BCUT2D eigenvalue weighted by Crippen LogP contribution is 2.24. The summed E-state index contributed by atoms with van der Waals surface area (Å²) in [6, 6.07) is 6.38. The number of nitriles is 1. The molecule has 0 unspecified atom stereocenters. The van der Waals surface area contributed by atoms with Crippen molar-refractivity contribution >= 4 is 22.9 Å². The second kappa shape index (κ2) is 4.98. The standard InChI is InChI=1S/C11H13ClN2S/c12-11-2-1-10(15-11)8-14-5-3-9(7-13)4-6-14/h1-2,9H,3-6,8H2. The first-order valence-electron chi connectivity index (χ1n) is 5.14. The van der Waals surface area contributed by atoms with Crippen LogP contribution in [0.2, 0.25) is 4.34 Å². The quantitative estimate of drug-likeness (QED) is 0.794. The van der Waals surface area contributed by atoms with E-state index in [1.165, 1.54) is 4.88 Å². The van der Waals surface area contributed by atoms with Crippen LogP contribution in [0, 0.1) is 17.2 Å².